The Morgan fingerprint density at radius 3 is 2.20 bits per heavy atom. The third-order valence-corrected chi connectivity index (χ3v) is 10.9. The first-order chi connectivity index (χ1) is 21.9. The van der Waals surface area contributed by atoms with Crippen molar-refractivity contribution in [2.45, 2.75) is 75.5 Å². The number of anilines is 1. The van der Waals surface area contributed by atoms with Crippen LogP contribution < -0.4 is 4.90 Å². The predicted octanol–water partition coefficient (Wildman–Crippen LogP) is 5.97. The summed E-state index contributed by atoms with van der Waals surface area (Å²) in [4.78, 5) is 27.4. The molecule has 2 aliphatic rings. The summed E-state index contributed by atoms with van der Waals surface area (Å²) in [6.45, 7) is 7.56. The van der Waals surface area contributed by atoms with Crippen molar-refractivity contribution >= 4 is 21.8 Å². The van der Waals surface area contributed by atoms with Crippen molar-refractivity contribution in [1.82, 2.24) is 19.2 Å². The van der Waals surface area contributed by atoms with Crippen molar-refractivity contribution in [2.24, 2.45) is 0 Å². The summed E-state index contributed by atoms with van der Waals surface area (Å²) >= 11 is 0. The minimum atomic E-state index is -4.46. The average Bonchev–Trinajstić information content (AvgIpc) is 3.56. The summed E-state index contributed by atoms with van der Waals surface area (Å²) in [5.74, 6) is -0.357. The number of sulfonamides is 1. The molecule has 1 atom stereocenters. The zero-order chi connectivity index (χ0) is 33.1. The maximum Gasteiger partial charge on any atom is 0.416 e. The first kappa shape index (κ1) is 33.9. The monoisotopic (exact) mass is 661 g/mol. The number of aromatic nitrogens is 2. The molecule has 13 heteroatoms. The van der Waals surface area contributed by atoms with Crippen molar-refractivity contribution in [3.05, 3.63) is 71.7 Å². The second-order valence-corrected chi connectivity index (χ2v) is 13.7. The van der Waals surface area contributed by atoms with Crippen LogP contribution >= 0.6 is 0 Å². The van der Waals surface area contributed by atoms with Crippen molar-refractivity contribution in [3.8, 4) is 11.3 Å². The number of alkyl halides is 3. The van der Waals surface area contributed by atoms with E-state index in [0.29, 0.717) is 54.9 Å². The third kappa shape index (κ3) is 7.58. The van der Waals surface area contributed by atoms with Gasteiger partial charge in [-0.1, -0.05) is 26.0 Å². The Bertz CT molecular complexity index is 1610. The van der Waals surface area contributed by atoms with Crippen LogP contribution in [-0.2, 0) is 27.4 Å². The molecule has 0 amide bonds. The fraction of sp³-hybridized carbons (Fsp3) is 0.485. The second kappa shape index (κ2) is 14.1. The van der Waals surface area contributed by atoms with Crippen LogP contribution in [0.2, 0.25) is 0 Å². The van der Waals surface area contributed by atoms with Gasteiger partial charge in [-0.05, 0) is 74.6 Å². The van der Waals surface area contributed by atoms with Gasteiger partial charge in [0.2, 0.25) is 16.0 Å². The number of halogens is 4. The van der Waals surface area contributed by atoms with Gasteiger partial charge >= 0.3 is 6.18 Å². The van der Waals surface area contributed by atoms with Crippen LogP contribution in [0.25, 0.3) is 11.3 Å². The fourth-order valence-electron chi connectivity index (χ4n) is 6.33. The third-order valence-electron chi connectivity index (χ3n) is 8.95. The largest absolute Gasteiger partial charge is 0.416 e. The van der Waals surface area contributed by atoms with Crippen LogP contribution in [0.5, 0.6) is 0 Å². The molecule has 2 aromatic carbocycles. The van der Waals surface area contributed by atoms with E-state index in [-0.39, 0.29) is 30.1 Å². The maximum atomic E-state index is 13.5. The number of benzene rings is 2. The number of hydrogen-bond donors (Lipinski definition) is 0. The zero-order valence-corrected chi connectivity index (χ0v) is 26.8. The van der Waals surface area contributed by atoms with Gasteiger partial charge in [-0.3, -0.25) is 9.69 Å². The lowest BCUT2D eigenvalue weighted by molar-refractivity contribution is -0.137. The summed E-state index contributed by atoms with van der Waals surface area (Å²) in [7, 11) is -4.00. The highest BCUT2D eigenvalue weighted by molar-refractivity contribution is 7.89. The molecule has 0 radical (unpaired) electrons. The molecule has 0 N–H and O–H groups in total. The van der Waals surface area contributed by atoms with Gasteiger partial charge in [0, 0.05) is 56.4 Å². The minimum Gasteiger partial charge on any atom is -0.338 e. The average molecular weight is 662 g/mol. The Morgan fingerprint density at radius 1 is 0.935 bits per heavy atom. The number of Topliss-reactive ketones (excluding diaryl/α,β-unsaturated/α-hetero) is 1. The Kier molecular flexibility index (Phi) is 10.4. The van der Waals surface area contributed by atoms with E-state index in [2.05, 4.69) is 23.6 Å². The lowest BCUT2D eigenvalue weighted by Crippen LogP contribution is -2.50. The number of piperazine rings is 1. The molecule has 2 fully saturated rings. The van der Waals surface area contributed by atoms with Crippen molar-refractivity contribution in [1.29, 1.82) is 0 Å². The van der Waals surface area contributed by atoms with Gasteiger partial charge in [-0.15, -0.1) is 0 Å². The minimum absolute atomic E-state index is 0.0193. The van der Waals surface area contributed by atoms with Crippen molar-refractivity contribution in [3.63, 3.8) is 0 Å². The number of carbonyl (C=O) groups is 1. The van der Waals surface area contributed by atoms with E-state index < -0.39 is 33.6 Å². The topological polar surface area (TPSA) is 86.7 Å². The van der Waals surface area contributed by atoms with Gasteiger partial charge in [-0.25, -0.2) is 22.8 Å². The van der Waals surface area contributed by atoms with Crippen molar-refractivity contribution < 1.29 is 30.8 Å². The first-order valence-corrected chi connectivity index (χ1v) is 17.2. The summed E-state index contributed by atoms with van der Waals surface area (Å²) in [6.07, 6.45) is -1.23. The van der Waals surface area contributed by atoms with E-state index in [1.807, 2.05) is 0 Å². The van der Waals surface area contributed by atoms with E-state index >= 15 is 0 Å². The molecule has 5 rings (SSSR count). The van der Waals surface area contributed by atoms with Crippen LogP contribution in [0.4, 0.5) is 23.5 Å². The van der Waals surface area contributed by atoms with Crippen LogP contribution in [0.1, 0.15) is 57.2 Å². The molecule has 0 unspecified atom stereocenters. The molecule has 248 valence electrons. The maximum absolute atomic E-state index is 13.5. The van der Waals surface area contributed by atoms with E-state index in [0.717, 1.165) is 50.2 Å². The highest BCUT2D eigenvalue weighted by Gasteiger charge is 2.39. The molecule has 0 bridgehead atoms. The lowest BCUT2D eigenvalue weighted by atomic mass is 10.0. The highest BCUT2D eigenvalue weighted by atomic mass is 32.2. The molecular formula is C33H39F4N5O3S. The molecule has 0 aliphatic carbocycles. The zero-order valence-electron chi connectivity index (χ0n) is 26.0. The van der Waals surface area contributed by atoms with Gasteiger partial charge in [0.05, 0.1) is 22.2 Å². The first-order valence-electron chi connectivity index (χ1n) is 15.8. The van der Waals surface area contributed by atoms with E-state index in [4.69, 9.17) is 9.97 Å². The van der Waals surface area contributed by atoms with Crippen LogP contribution in [0.15, 0.2) is 59.5 Å². The van der Waals surface area contributed by atoms with E-state index in [1.165, 1.54) is 28.6 Å². The van der Waals surface area contributed by atoms with E-state index in [9.17, 15) is 30.8 Å². The Hall–Kier alpha value is -3.42. The van der Waals surface area contributed by atoms with Gasteiger partial charge < -0.3 is 4.90 Å². The van der Waals surface area contributed by atoms with Crippen molar-refractivity contribution in [2.75, 3.05) is 37.6 Å². The smallest absolute Gasteiger partial charge is 0.338 e. The molecule has 3 aromatic rings. The molecule has 2 saturated heterocycles. The summed E-state index contributed by atoms with van der Waals surface area (Å²) in [5.41, 5.74) is 0.726. The predicted molar refractivity (Wildman–Crippen MR) is 167 cm³/mol. The van der Waals surface area contributed by atoms with E-state index in [1.54, 1.807) is 6.07 Å². The Morgan fingerprint density at radius 2 is 1.59 bits per heavy atom. The fourth-order valence-corrected chi connectivity index (χ4v) is 8.01. The number of ketones is 1. The number of hydrogen-bond acceptors (Lipinski definition) is 7. The van der Waals surface area contributed by atoms with Crippen LogP contribution in [0, 0.1) is 5.82 Å². The lowest BCUT2D eigenvalue weighted by Gasteiger charge is -2.39. The second-order valence-electron chi connectivity index (χ2n) is 11.8. The standard InChI is InChI=1S/C33H39F4N5O3S/c1-3-27(4-2)40-18-20-41(21-19-40)32-38-26(22-29(39-32)23-7-9-24(10-8-23)33(35,36)37)13-16-31(43)30-6-5-17-42(30)46(44,45)28-14-11-25(34)12-15-28/h7-12,14-15,22,27,30H,3-6,13,16-21H2,1-2H3/t30-/m0/s1. The Labute approximate surface area is 267 Å². The number of nitrogens with zero attached hydrogens (tertiary/aromatic N) is 5. The normalized spacial score (nSPS) is 18.4. The van der Waals surface area contributed by atoms with Crippen LogP contribution in [-0.4, -0.2) is 78.2 Å². The SMILES string of the molecule is CCC(CC)N1CCN(c2nc(CCC(=O)[C@@H]3CCCN3S(=O)(=O)c3ccc(F)cc3)cc(-c3ccc(C(F)(F)F)cc3)n2)CC1. The van der Waals surface area contributed by atoms with Crippen LogP contribution in [0.3, 0.4) is 0 Å². The van der Waals surface area contributed by atoms with Gasteiger partial charge in [0.15, 0.2) is 5.78 Å². The van der Waals surface area contributed by atoms with Gasteiger partial charge in [0.25, 0.3) is 0 Å². The molecule has 0 saturated carbocycles. The number of rotatable bonds is 11. The molecule has 3 heterocycles. The quantitative estimate of drug-likeness (QED) is 0.234. The van der Waals surface area contributed by atoms with Gasteiger partial charge in [-0.2, -0.15) is 17.5 Å². The molecule has 1 aromatic heterocycles. The summed E-state index contributed by atoms with van der Waals surface area (Å²) in [5, 5.41) is 0. The molecule has 8 nitrogen and oxygen atoms in total. The highest BCUT2D eigenvalue weighted by Crippen LogP contribution is 2.32. The molecular weight excluding hydrogens is 622 g/mol. The molecule has 2 aliphatic heterocycles. The number of carbonyl (C=O) groups excluding carboxylic acids is 1. The van der Waals surface area contributed by atoms with Gasteiger partial charge in [0.1, 0.15) is 5.82 Å². The molecule has 46 heavy (non-hydrogen) atoms. The molecule has 0 spiro atoms. The summed E-state index contributed by atoms with van der Waals surface area (Å²) in [6, 6.07) is 10.7. The Balaban J connectivity index is 1.36. The summed E-state index contributed by atoms with van der Waals surface area (Å²) < 4.78 is 80.9. The number of aryl methyl sites for hydroxylation is 1.